The highest BCUT2D eigenvalue weighted by molar-refractivity contribution is 6.31. The topological polar surface area (TPSA) is 68.0 Å². The number of hydrogen-bond acceptors (Lipinski definition) is 3. The van der Waals surface area contributed by atoms with Gasteiger partial charge in [0.1, 0.15) is 0 Å². The summed E-state index contributed by atoms with van der Waals surface area (Å²) in [6, 6.07) is 6.98. The average molecular weight is 276 g/mol. The van der Waals surface area contributed by atoms with Gasteiger partial charge in [0.05, 0.1) is 5.56 Å². The fourth-order valence-corrected chi connectivity index (χ4v) is 1.86. The number of anilines is 2. The highest BCUT2D eigenvalue weighted by Gasteiger charge is 2.12. The van der Waals surface area contributed by atoms with Crippen LogP contribution in [0.3, 0.4) is 0 Å². The molecule has 0 saturated heterocycles. The maximum absolute atomic E-state index is 12.1. The first-order valence-electron chi connectivity index (χ1n) is 5.77. The maximum Gasteiger partial charge on any atom is 0.259 e. The first kappa shape index (κ1) is 13.4. The molecule has 1 aromatic carbocycles. The Kier molecular flexibility index (Phi) is 3.71. The molecular weight excluding hydrogens is 262 g/mol. The Balaban J connectivity index is 2.28. The van der Waals surface area contributed by atoms with Gasteiger partial charge in [-0.15, -0.1) is 0 Å². The molecule has 3 N–H and O–H groups in total. The minimum Gasteiger partial charge on any atom is -0.398 e. The van der Waals surface area contributed by atoms with E-state index in [2.05, 4.69) is 10.3 Å². The highest BCUT2D eigenvalue weighted by atomic mass is 35.5. The van der Waals surface area contributed by atoms with Crippen molar-refractivity contribution in [2.45, 2.75) is 13.8 Å². The third kappa shape index (κ3) is 3.03. The van der Waals surface area contributed by atoms with E-state index in [1.54, 1.807) is 18.2 Å². The normalized spacial score (nSPS) is 10.3. The number of aromatic nitrogens is 1. The van der Waals surface area contributed by atoms with E-state index in [4.69, 9.17) is 17.3 Å². The molecule has 0 aliphatic rings. The van der Waals surface area contributed by atoms with Crippen LogP contribution in [0.25, 0.3) is 0 Å². The van der Waals surface area contributed by atoms with Crippen LogP contribution in [0.1, 0.15) is 21.6 Å². The first-order valence-corrected chi connectivity index (χ1v) is 6.15. The monoisotopic (exact) mass is 275 g/mol. The molecule has 1 heterocycles. The van der Waals surface area contributed by atoms with Crippen LogP contribution in [-0.4, -0.2) is 10.9 Å². The van der Waals surface area contributed by atoms with E-state index in [9.17, 15) is 4.79 Å². The van der Waals surface area contributed by atoms with Gasteiger partial charge in [0.25, 0.3) is 5.91 Å². The predicted octanol–water partition coefficient (Wildman–Crippen LogP) is 3.19. The summed E-state index contributed by atoms with van der Waals surface area (Å²) in [4.78, 5) is 16.2. The summed E-state index contributed by atoms with van der Waals surface area (Å²) in [7, 11) is 0. The molecule has 0 fully saturated rings. The molecule has 1 aromatic heterocycles. The van der Waals surface area contributed by atoms with Crippen LogP contribution in [0.2, 0.25) is 5.02 Å². The molecule has 5 heteroatoms. The van der Waals surface area contributed by atoms with Crippen molar-refractivity contribution in [1.82, 2.24) is 4.98 Å². The van der Waals surface area contributed by atoms with Gasteiger partial charge in [-0.25, -0.2) is 0 Å². The van der Waals surface area contributed by atoms with Crippen LogP contribution in [0, 0.1) is 13.8 Å². The molecule has 0 aliphatic heterocycles. The van der Waals surface area contributed by atoms with E-state index in [1.807, 2.05) is 19.9 Å². The molecule has 2 rings (SSSR count). The summed E-state index contributed by atoms with van der Waals surface area (Å²) in [6.07, 6.45) is 1.47. The van der Waals surface area contributed by atoms with Crippen LogP contribution in [0.15, 0.2) is 30.5 Å². The molecule has 0 atom stereocenters. The number of amides is 1. The molecule has 98 valence electrons. The molecule has 0 bridgehead atoms. The first-order chi connectivity index (χ1) is 8.97. The second kappa shape index (κ2) is 5.28. The average Bonchev–Trinajstić information content (AvgIpc) is 2.33. The Morgan fingerprint density at radius 1 is 1.32 bits per heavy atom. The quantitative estimate of drug-likeness (QED) is 0.884. The van der Waals surface area contributed by atoms with Gasteiger partial charge in [-0.2, -0.15) is 0 Å². The van der Waals surface area contributed by atoms with Crippen LogP contribution < -0.4 is 11.1 Å². The van der Waals surface area contributed by atoms with E-state index in [0.29, 0.717) is 22.0 Å². The van der Waals surface area contributed by atoms with E-state index in [0.717, 1.165) is 11.3 Å². The van der Waals surface area contributed by atoms with Gasteiger partial charge in [-0.3, -0.25) is 9.78 Å². The Morgan fingerprint density at radius 3 is 2.74 bits per heavy atom. The lowest BCUT2D eigenvalue weighted by molar-refractivity contribution is 0.102. The van der Waals surface area contributed by atoms with Crippen LogP contribution in [-0.2, 0) is 0 Å². The fraction of sp³-hybridized carbons (Fsp3) is 0.143. The minimum atomic E-state index is -0.296. The summed E-state index contributed by atoms with van der Waals surface area (Å²) in [5.41, 5.74) is 8.94. The molecule has 2 aromatic rings. The number of nitrogens with two attached hydrogens (primary N) is 1. The smallest absolute Gasteiger partial charge is 0.259 e. The largest absolute Gasteiger partial charge is 0.398 e. The zero-order valence-electron chi connectivity index (χ0n) is 10.7. The zero-order chi connectivity index (χ0) is 14.0. The van der Waals surface area contributed by atoms with Gasteiger partial charge < -0.3 is 11.1 Å². The summed E-state index contributed by atoms with van der Waals surface area (Å²) in [6.45, 7) is 3.71. The van der Waals surface area contributed by atoms with Gasteiger partial charge in [0.15, 0.2) is 0 Å². The van der Waals surface area contributed by atoms with Crippen molar-refractivity contribution < 1.29 is 4.79 Å². The maximum atomic E-state index is 12.1. The number of rotatable bonds is 2. The van der Waals surface area contributed by atoms with Gasteiger partial charge >= 0.3 is 0 Å². The fourth-order valence-electron chi connectivity index (χ4n) is 1.69. The Morgan fingerprint density at radius 2 is 2.05 bits per heavy atom. The number of nitrogen functional groups attached to an aromatic ring is 1. The third-order valence-corrected chi connectivity index (χ3v) is 3.00. The Bertz CT molecular complexity index is 641. The molecule has 19 heavy (non-hydrogen) atoms. The van der Waals surface area contributed by atoms with Gasteiger partial charge in [0.2, 0.25) is 0 Å². The molecule has 1 amide bonds. The number of carbonyl (C=O) groups is 1. The van der Waals surface area contributed by atoms with Crippen LogP contribution in [0.5, 0.6) is 0 Å². The van der Waals surface area contributed by atoms with E-state index < -0.39 is 0 Å². The second-order valence-corrected chi connectivity index (χ2v) is 4.76. The van der Waals surface area contributed by atoms with E-state index in [-0.39, 0.29) is 5.91 Å². The SMILES string of the molecule is Cc1cc(N)c(C(=O)Nc2cc(Cl)ccc2C)cn1. The van der Waals surface area contributed by atoms with Crippen molar-refractivity contribution >= 4 is 28.9 Å². The molecule has 4 nitrogen and oxygen atoms in total. The Labute approximate surface area is 116 Å². The minimum absolute atomic E-state index is 0.296. The molecule has 0 radical (unpaired) electrons. The van der Waals surface area contributed by atoms with Gasteiger partial charge in [-0.1, -0.05) is 17.7 Å². The molecular formula is C14H14ClN3O. The number of nitrogens with one attached hydrogen (secondary N) is 1. The molecule has 0 unspecified atom stereocenters. The molecule has 0 spiro atoms. The lowest BCUT2D eigenvalue weighted by Gasteiger charge is -2.10. The number of carbonyl (C=O) groups excluding carboxylic acids is 1. The summed E-state index contributed by atoms with van der Waals surface area (Å²) in [5.74, 6) is -0.296. The van der Waals surface area contributed by atoms with Gasteiger partial charge in [0, 0.05) is 28.3 Å². The van der Waals surface area contributed by atoms with Gasteiger partial charge in [-0.05, 0) is 37.6 Å². The number of nitrogens with zero attached hydrogens (tertiary/aromatic N) is 1. The number of pyridine rings is 1. The third-order valence-electron chi connectivity index (χ3n) is 2.77. The summed E-state index contributed by atoms with van der Waals surface area (Å²) in [5, 5.41) is 3.35. The van der Waals surface area contributed by atoms with Crippen molar-refractivity contribution in [3.63, 3.8) is 0 Å². The summed E-state index contributed by atoms with van der Waals surface area (Å²) < 4.78 is 0. The highest BCUT2D eigenvalue weighted by Crippen LogP contribution is 2.21. The molecule has 0 aliphatic carbocycles. The van der Waals surface area contributed by atoms with Crippen molar-refractivity contribution in [1.29, 1.82) is 0 Å². The van der Waals surface area contributed by atoms with Crippen LogP contribution >= 0.6 is 11.6 Å². The standard InChI is InChI=1S/C14H14ClN3O/c1-8-3-4-10(15)6-13(8)18-14(19)11-7-17-9(2)5-12(11)16/h3-7H,1-2H3,(H2,16,17)(H,18,19). The number of benzene rings is 1. The van der Waals surface area contributed by atoms with Crippen molar-refractivity contribution in [3.8, 4) is 0 Å². The summed E-state index contributed by atoms with van der Waals surface area (Å²) >= 11 is 5.91. The van der Waals surface area contributed by atoms with E-state index in [1.165, 1.54) is 6.20 Å². The lowest BCUT2D eigenvalue weighted by Crippen LogP contribution is -2.15. The van der Waals surface area contributed by atoms with Crippen molar-refractivity contribution in [2.75, 3.05) is 11.1 Å². The van der Waals surface area contributed by atoms with Crippen LogP contribution in [0.4, 0.5) is 11.4 Å². The predicted molar refractivity (Wildman–Crippen MR) is 77.5 cm³/mol. The number of aryl methyl sites for hydroxylation is 2. The number of hydrogen-bond donors (Lipinski definition) is 2. The van der Waals surface area contributed by atoms with E-state index >= 15 is 0 Å². The zero-order valence-corrected chi connectivity index (χ0v) is 11.5. The Hall–Kier alpha value is -2.07. The second-order valence-electron chi connectivity index (χ2n) is 4.33. The molecule has 0 saturated carbocycles. The van der Waals surface area contributed by atoms with Crippen molar-refractivity contribution in [3.05, 3.63) is 52.3 Å². The lowest BCUT2D eigenvalue weighted by atomic mass is 10.1. The number of halogens is 1. The van der Waals surface area contributed by atoms with Crippen molar-refractivity contribution in [2.24, 2.45) is 0 Å².